The van der Waals surface area contributed by atoms with Crippen molar-refractivity contribution in [3.8, 4) is 0 Å². The van der Waals surface area contributed by atoms with Crippen LogP contribution in [0.25, 0.3) is 0 Å². The van der Waals surface area contributed by atoms with E-state index in [0.29, 0.717) is 0 Å². The van der Waals surface area contributed by atoms with Crippen molar-refractivity contribution in [3.05, 3.63) is 36.2 Å². The summed E-state index contributed by atoms with van der Waals surface area (Å²) in [5.74, 6) is 1.89. The number of H-pyrrole nitrogens is 1. The number of pyridine rings is 1. The first-order valence-corrected chi connectivity index (χ1v) is 4.77. The minimum atomic E-state index is 0.721. The van der Waals surface area contributed by atoms with Gasteiger partial charge in [0.1, 0.15) is 11.6 Å². The Kier molecular flexibility index (Phi) is 2.33. The summed E-state index contributed by atoms with van der Waals surface area (Å²) >= 11 is 0. The first kappa shape index (κ1) is 9.58. The molecule has 0 unspecified atom stereocenters. The van der Waals surface area contributed by atoms with Gasteiger partial charge in [0.2, 0.25) is 0 Å². The molecular weight excluding hydrogens is 188 g/mol. The molecule has 0 saturated heterocycles. The number of nitrogens with zero attached hydrogens (tertiary/aromatic N) is 2. The van der Waals surface area contributed by atoms with Gasteiger partial charge in [0.05, 0.1) is 11.9 Å². The minimum absolute atomic E-state index is 0.721. The topological polar surface area (TPSA) is 57.9 Å². The lowest BCUT2D eigenvalue weighted by molar-refractivity contribution is 1.09. The average molecular weight is 202 g/mol. The summed E-state index contributed by atoms with van der Waals surface area (Å²) in [6.45, 7) is 1.98. The zero-order valence-corrected chi connectivity index (χ0v) is 8.86. The van der Waals surface area contributed by atoms with Gasteiger partial charge in [-0.05, 0) is 30.7 Å². The SMILES string of the molecule is Cc1cc(N(C)c2ccc[nH]2)ncc1N. The second-order valence-electron chi connectivity index (χ2n) is 3.51. The minimum Gasteiger partial charge on any atom is -0.397 e. The van der Waals surface area contributed by atoms with Crippen molar-refractivity contribution in [2.45, 2.75) is 6.92 Å². The molecule has 0 aromatic carbocycles. The monoisotopic (exact) mass is 202 g/mol. The smallest absolute Gasteiger partial charge is 0.134 e. The number of hydrogen-bond acceptors (Lipinski definition) is 3. The molecular formula is C11H14N4. The standard InChI is InChI=1S/C11H14N4/c1-8-6-11(14-7-9(8)12)15(2)10-4-3-5-13-10/h3-7,13H,12H2,1-2H3. The molecule has 2 aromatic rings. The van der Waals surface area contributed by atoms with E-state index in [2.05, 4.69) is 9.97 Å². The predicted octanol–water partition coefficient (Wildman–Crippen LogP) is 2.07. The van der Waals surface area contributed by atoms with Crippen LogP contribution in [-0.2, 0) is 0 Å². The van der Waals surface area contributed by atoms with Crippen molar-refractivity contribution in [2.75, 3.05) is 17.7 Å². The predicted molar refractivity (Wildman–Crippen MR) is 62.2 cm³/mol. The number of hydrogen-bond donors (Lipinski definition) is 2. The fraction of sp³-hybridized carbons (Fsp3) is 0.182. The number of nitrogens with two attached hydrogens (primary N) is 1. The summed E-state index contributed by atoms with van der Waals surface area (Å²) in [7, 11) is 1.96. The zero-order valence-electron chi connectivity index (χ0n) is 8.86. The van der Waals surface area contributed by atoms with Crippen molar-refractivity contribution < 1.29 is 0 Å². The summed E-state index contributed by atoms with van der Waals surface area (Å²) in [6.07, 6.45) is 3.57. The lowest BCUT2D eigenvalue weighted by Gasteiger charge is -2.16. The van der Waals surface area contributed by atoms with Crippen molar-refractivity contribution in [1.29, 1.82) is 0 Å². The molecule has 0 amide bonds. The van der Waals surface area contributed by atoms with E-state index in [1.807, 2.05) is 43.3 Å². The van der Waals surface area contributed by atoms with Gasteiger partial charge in [-0.2, -0.15) is 0 Å². The highest BCUT2D eigenvalue weighted by molar-refractivity contribution is 5.59. The molecule has 78 valence electrons. The van der Waals surface area contributed by atoms with Gasteiger partial charge in [-0.1, -0.05) is 0 Å². The number of nitrogen functional groups attached to an aromatic ring is 1. The summed E-state index contributed by atoms with van der Waals surface area (Å²) < 4.78 is 0. The quantitative estimate of drug-likeness (QED) is 0.783. The van der Waals surface area contributed by atoms with Crippen molar-refractivity contribution >= 4 is 17.3 Å². The third-order valence-corrected chi connectivity index (χ3v) is 2.42. The highest BCUT2D eigenvalue weighted by Gasteiger charge is 2.06. The van der Waals surface area contributed by atoms with Crippen LogP contribution in [0.5, 0.6) is 0 Å². The lowest BCUT2D eigenvalue weighted by Crippen LogP contribution is -2.11. The lowest BCUT2D eigenvalue weighted by atomic mass is 10.2. The summed E-state index contributed by atoms with van der Waals surface area (Å²) in [5.41, 5.74) is 7.48. The van der Waals surface area contributed by atoms with Crippen LogP contribution in [0.4, 0.5) is 17.3 Å². The van der Waals surface area contributed by atoms with Gasteiger partial charge in [-0.25, -0.2) is 4.98 Å². The van der Waals surface area contributed by atoms with E-state index in [1.54, 1.807) is 6.20 Å². The molecule has 0 radical (unpaired) electrons. The van der Waals surface area contributed by atoms with Crippen molar-refractivity contribution in [1.82, 2.24) is 9.97 Å². The van der Waals surface area contributed by atoms with E-state index in [0.717, 1.165) is 22.9 Å². The van der Waals surface area contributed by atoms with E-state index in [9.17, 15) is 0 Å². The molecule has 3 N–H and O–H groups in total. The van der Waals surface area contributed by atoms with Gasteiger partial charge in [0.15, 0.2) is 0 Å². The number of aromatic amines is 1. The Morgan fingerprint density at radius 1 is 1.47 bits per heavy atom. The third kappa shape index (κ3) is 1.79. The molecule has 0 atom stereocenters. The molecule has 15 heavy (non-hydrogen) atoms. The van der Waals surface area contributed by atoms with Crippen LogP contribution >= 0.6 is 0 Å². The first-order valence-electron chi connectivity index (χ1n) is 4.77. The molecule has 0 bridgehead atoms. The Morgan fingerprint density at radius 3 is 2.87 bits per heavy atom. The normalized spacial score (nSPS) is 10.3. The zero-order chi connectivity index (χ0) is 10.8. The van der Waals surface area contributed by atoms with Gasteiger partial charge in [-0.3, -0.25) is 0 Å². The van der Waals surface area contributed by atoms with Crippen LogP contribution in [0.3, 0.4) is 0 Å². The molecule has 0 saturated carbocycles. The van der Waals surface area contributed by atoms with E-state index in [4.69, 9.17) is 5.73 Å². The van der Waals surface area contributed by atoms with Crippen molar-refractivity contribution in [3.63, 3.8) is 0 Å². The highest BCUT2D eigenvalue weighted by Crippen LogP contribution is 2.21. The first-order chi connectivity index (χ1) is 7.18. The molecule has 2 heterocycles. The Morgan fingerprint density at radius 2 is 2.27 bits per heavy atom. The maximum Gasteiger partial charge on any atom is 0.134 e. The fourth-order valence-electron chi connectivity index (χ4n) is 1.39. The Labute approximate surface area is 88.7 Å². The molecule has 2 aromatic heterocycles. The number of nitrogens with one attached hydrogen (secondary N) is 1. The van der Waals surface area contributed by atoms with Crippen LogP contribution < -0.4 is 10.6 Å². The number of aryl methyl sites for hydroxylation is 1. The second-order valence-corrected chi connectivity index (χ2v) is 3.51. The number of rotatable bonds is 2. The van der Waals surface area contributed by atoms with Crippen LogP contribution in [0.1, 0.15) is 5.56 Å². The van der Waals surface area contributed by atoms with Crippen LogP contribution in [0.2, 0.25) is 0 Å². The molecule has 0 aliphatic rings. The molecule has 2 rings (SSSR count). The fourth-order valence-corrected chi connectivity index (χ4v) is 1.39. The van der Waals surface area contributed by atoms with Gasteiger partial charge in [0.25, 0.3) is 0 Å². The maximum absolute atomic E-state index is 5.72. The molecule has 4 heteroatoms. The Balaban J connectivity index is 2.34. The third-order valence-electron chi connectivity index (χ3n) is 2.42. The van der Waals surface area contributed by atoms with E-state index < -0.39 is 0 Å². The van der Waals surface area contributed by atoms with Crippen LogP contribution in [0, 0.1) is 6.92 Å². The molecule has 0 spiro atoms. The van der Waals surface area contributed by atoms with Gasteiger partial charge >= 0.3 is 0 Å². The molecule has 4 nitrogen and oxygen atoms in total. The Bertz CT molecular complexity index is 448. The number of anilines is 3. The number of aromatic nitrogens is 2. The molecule has 0 fully saturated rings. The average Bonchev–Trinajstić information content (AvgIpc) is 2.74. The second kappa shape index (κ2) is 3.65. The van der Waals surface area contributed by atoms with Crippen LogP contribution in [0.15, 0.2) is 30.6 Å². The van der Waals surface area contributed by atoms with E-state index in [-0.39, 0.29) is 0 Å². The van der Waals surface area contributed by atoms with E-state index >= 15 is 0 Å². The summed E-state index contributed by atoms with van der Waals surface area (Å²) in [4.78, 5) is 9.38. The highest BCUT2D eigenvalue weighted by atomic mass is 15.2. The van der Waals surface area contributed by atoms with E-state index in [1.165, 1.54) is 0 Å². The van der Waals surface area contributed by atoms with Crippen LogP contribution in [-0.4, -0.2) is 17.0 Å². The molecule has 0 aliphatic heterocycles. The molecule has 0 aliphatic carbocycles. The summed E-state index contributed by atoms with van der Waals surface area (Å²) in [6, 6.07) is 5.92. The summed E-state index contributed by atoms with van der Waals surface area (Å²) in [5, 5.41) is 0. The van der Waals surface area contributed by atoms with Crippen molar-refractivity contribution in [2.24, 2.45) is 0 Å². The largest absolute Gasteiger partial charge is 0.397 e. The van der Waals surface area contributed by atoms with Gasteiger partial charge in [-0.15, -0.1) is 0 Å². The van der Waals surface area contributed by atoms with Gasteiger partial charge < -0.3 is 15.6 Å². The maximum atomic E-state index is 5.72. The Hall–Kier alpha value is -1.97. The van der Waals surface area contributed by atoms with Gasteiger partial charge in [0, 0.05) is 13.2 Å².